The third-order valence-electron chi connectivity index (χ3n) is 2.94. The smallest absolute Gasteiger partial charge is 0.223 e. The molecular formula is C12H21NO2. The number of amides is 1. The molecule has 1 rings (SSSR count). The Labute approximate surface area is 91.8 Å². The van der Waals surface area contributed by atoms with Crippen LogP contribution in [0.4, 0.5) is 0 Å². The van der Waals surface area contributed by atoms with Crippen LogP contribution in [-0.4, -0.2) is 29.2 Å². The molecule has 0 saturated carbocycles. The maximum atomic E-state index is 12.0. The van der Waals surface area contributed by atoms with Crippen molar-refractivity contribution in [2.45, 2.75) is 46.6 Å². The molecule has 1 fully saturated rings. The molecule has 1 saturated heterocycles. The van der Waals surface area contributed by atoms with E-state index in [0.29, 0.717) is 6.42 Å². The standard InChI is InChI=1S/C12H21NO2/c1-8(2)11(12(15)9(3)4)13-7-5-6-10(13)14/h8-9,11H,5-7H2,1-4H3. The monoisotopic (exact) mass is 211 g/mol. The van der Waals surface area contributed by atoms with Crippen LogP contribution in [0.3, 0.4) is 0 Å². The molecule has 1 heterocycles. The molecule has 86 valence electrons. The van der Waals surface area contributed by atoms with Gasteiger partial charge in [0, 0.05) is 18.9 Å². The number of rotatable bonds is 4. The molecule has 3 heteroatoms. The lowest BCUT2D eigenvalue weighted by Gasteiger charge is -2.31. The minimum Gasteiger partial charge on any atom is -0.332 e. The molecule has 0 aromatic heterocycles. The molecule has 15 heavy (non-hydrogen) atoms. The molecule has 1 aliphatic heterocycles. The van der Waals surface area contributed by atoms with Gasteiger partial charge in [-0.3, -0.25) is 9.59 Å². The van der Waals surface area contributed by atoms with Crippen molar-refractivity contribution in [2.75, 3.05) is 6.54 Å². The van der Waals surface area contributed by atoms with E-state index in [1.807, 2.05) is 27.7 Å². The lowest BCUT2D eigenvalue weighted by atomic mass is 9.92. The van der Waals surface area contributed by atoms with Crippen molar-refractivity contribution in [1.82, 2.24) is 4.90 Å². The molecule has 0 aromatic rings. The Kier molecular flexibility index (Phi) is 3.89. The molecule has 3 nitrogen and oxygen atoms in total. The highest BCUT2D eigenvalue weighted by atomic mass is 16.2. The highest BCUT2D eigenvalue weighted by molar-refractivity contribution is 5.91. The van der Waals surface area contributed by atoms with Crippen LogP contribution in [0.5, 0.6) is 0 Å². The molecule has 1 amide bonds. The van der Waals surface area contributed by atoms with Gasteiger partial charge in [0.1, 0.15) is 0 Å². The summed E-state index contributed by atoms with van der Waals surface area (Å²) in [7, 11) is 0. The third kappa shape index (κ3) is 2.58. The number of ketones is 1. The van der Waals surface area contributed by atoms with Gasteiger partial charge in [-0.15, -0.1) is 0 Å². The molecule has 0 N–H and O–H groups in total. The Balaban J connectivity index is 2.82. The van der Waals surface area contributed by atoms with Crippen molar-refractivity contribution in [3.63, 3.8) is 0 Å². The fourth-order valence-electron chi connectivity index (χ4n) is 2.15. The van der Waals surface area contributed by atoms with Gasteiger partial charge in [-0.1, -0.05) is 27.7 Å². The maximum Gasteiger partial charge on any atom is 0.223 e. The highest BCUT2D eigenvalue weighted by Gasteiger charge is 2.35. The SMILES string of the molecule is CC(C)C(=O)C(C(C)C)N1CCCC1=O. The van der Waals surface area contributed by atoms with Gasteiger partial charge in [0.15, 0.2) is 5.78 Å². The first-order valence-corrected chi connectivity index (χ1v) is 5.78. The Bertz CT molecular complexity index is 258. The molecule has 0 aliphatic carbocycles. The van der Waals surface area contributed by atoms with Gasteiger partial charge in [0.05, 0.1) is 6.04 Å². The van der Waals surface area contributed by atoms with Crippen LogP contribution in [0.25, 0.3) is 0 Å². The van der Waals surface area contributed by atoms with Crippen molar-refractivity contribution < 1.29 is 9.59 Å². The normalized spacial score (nSPS) is 19.1. The van der Waals surface area contributed by atoms with E-state index in [-0.39, 0.29) is 29.6 Å². The van der Waals surface area contributed by atoms with Gasteiger partial charge in [-0.05, 0) is 12.3 Å². The molecule has 1 atom stereocenters. The number of Topliss-reactive ketones (excluding diaryl/α,β-unsaturated/α-hetero) is 1. The van der Waals surface area contributed by atoms with E-state index in [0.717, 1.165) is 13.0 Å². The van der Waals surface area contributed by atoms with E-state index < -0.39 is 0 Å². The first-order chi connectivity index (χ1) is 6.95. The first-order valence-electron chi connectivity index (χ1n) is 5.78. The van der Waals surface area contributed by atoms with E-state index in [4.69, 9.17) is 0 Å². The highest BCUT2D eigenvalue weighted by Crippen LogP contribution is 2.21. The number of hydrogen-bond donors (Lipinski definition) is 0. The van der Waals surface area contributed by atoms with E-state index >= 15 is 0 Å². The van der Waals surface area contributed by atoms with E-state index in [9.17, 15) is 9.59 Å². The zero-order valence-electron chi connectivity index (χ0n) is 10.1. The summed E-state index contributed by atoms with van der Waals surface area (Å²) in [6.45, 7) is 8.57. The molecular weight excluding hydrogens is 190 g/mol. The van der Waals surface area contributed by atoms with E-state index in [2.05, 4.69) is 0 Å². The largest absolute Gasteiger partial charge is 0.332 e. The molecule has 1 aliphatic rings. The lowest BCUT2D eigenvalue weighted by Crippen LogP contribution is -2.46. The average molecular weight is 211 g/mol. The number of carbonyl (C=O) groups excluding carboxylic acids is 2. The van der Waals surface area contributed by atoms with Gasteiger partial charge < -0.3 is 4.90 Å². The van der Waals surface area contributed by atoms with Crippen molar-refractivity contribution in [1.29, 1.82) is 0 Å². The van der Waals surface area contributed by atoms with Gasteiger partial charge in [-0.25, -0.2) is 0 Å². The second-order valence-electron chi connectivity index (χ2n) is 4.94. The Hall–Kier alpha value is -0.860. The van der Waals surface area contributed by atoms with Crippen molar-refractivity contribution in [3.8, 4) is 0 Å². The summed E-state index contributed by atoms with van der Waals surface area (Å²) in [5.41, 5.74) is 0. The Morgan fingerprint density at radius 2 is 1.87 bits per heavy atom. The summed E-state index contributed by atoms with van der Waals surface area (Å²) in [6, 6.07) is -0.208. The van der Waals surface area contributed by atoms with Crippen LogP contribution in [-0.2, 0) is 9.59 Å². The predicted octanol–water partition coefficient (Wildman–Crippen LogP) is 1.86. The predicted molar refractivity (Wildman–Crippen MR) is 59.4 cm³/mol. The summed E-state index contributed by atoms with van der Waals surface area (Å²) in [5.74, 6) is 0.552. The van der Waals surface area contributed by atoms with E-state index in [1.54, 1.807) is 4.90 Å². The molecule has 0 aromatic carbocycles. The van der Waals surface area contributed by atoms with Crippen LogP contribution in [0.15, 0.2) is 0 Å². The number of likely N-dealkylation sites (tertiary alicyclic amines) is 1. The Morgan fingerprint density at radius 3 is 2.20 bits per heavy atom. The first kappa shape index (κ1) is 12.2. The molecule has 0 radical (unpaired) electrons. The van der Waals surface area contributed by atoms with Crippen molar-refractivity contribution >= 4 is 11.7 Å². The third-order valence-corrected chi connectivity index (χ3v) is 2.94. The topological polar surface area (TPSA) is 37.4 Å². The number of carbonyl (C=O) groups is 2. The average Bonchev–Trinajstić information content (AvgIpc) is 2.52. The van der Waals surface area contributed by atoms with Crippen LogP contribution >= 0.6 is 0 Å². The van der Waals surface area contributed by atoms with Gasteiger partial charge in [0.25, 0.3) is 0 Å². The minimum atomic E-state index is -0.208. The quantitative estimate of drug-likeness (QED) is 0.711. The fraction of sp³-hybridized carbons (Fsp3) is 0.833. The lowest BCUT2D eigenvalue weighted by molar-refractivity contribution is -0.139. The van der Waals surface area contributed by atoms with Crippen molar-refractivity contribution in [2.24, 2.45) is 11.8 Å². The zero-order valence-corrected chi connectivity index (χ0v) is 10.1. The summed E-state index contributed by atoms with van der Waals surface area (Å²) in [4.78, 5) is 25.4. The van der Waals surface area contributed by atoms with Crippen LogP contribution in [0.1, 0.15) is 40.5 Å². The van der Waals surface area contributed by atoms with Gasteiger partial charge in [0.2, 0.25) is 5.91 Å². The van der Waals surface area contributed by atoms with Crippen LogP contribution in [0, 0.1) is 11.8 Å². The molecule has 0 spiro atoms. The summed E-state index contributed by atoms with van der Waals surface area (Å²) < 4.78 is 0. The summed E-state index contributed by atoms with van der Waals surface area (Å²) >= 11 is 0. The van der Waals surface area contributed by atoms with Gasteiger partial charge >= 0.3 is 0 Å². The number of nitrogens with zero attached hydrogens (tertiary/aromatic N) is 1. The van der Waals surface area contributed by atoms with Crippen molar-refractivity contribution in [3.05, 3.63) is 0 Å². The maximum absolute atomic E-state index is 12.0. The molecule has 0 bridgehead atoms. The zero-order chi connectivity index (χ0) is 11.6. The fourth-order valence-corrected chi connectivity index (χ4v) is 2.15. The Morgan fingerprint density at radius 1 is 1.27 bits per heavy atom. The second kappa shape index (κ2) is 4.77. The minimum absolute atomic E-state index is 0.00537. The summed E-state index contributed by atoms with van der Waals surface area (Å²) in [5, 5.41) is 0. The molecule has 1 unspecified atom stereocenters. The van der Waals surface area contributed by atoms with Gasteiger partial charge in [-0.2, -0.15) is 0 Å². The van der Waals surface area contributed by atoms with E-state index in [1.165, 1.54) is 0 Å². The second-order valence-corrected chi connectivity index (χ2v) is 4.94. The van der Waals surface area contributed by atoms with Crippen LogP contribution < -0.4 is 0 Å². The summed E-state index contributed by atoms with van der Waals surface area (Å²) in [6.07, 6.45) is 1.50. The van der Waals surface area contributed by atoms with Crippen LogP contribution in [0.2, 0.25) is 0 Å². The number of hydrogen-bond acceptors (Lipinski definition) is 2.